The molecule has 2 fully saturated rings. The number of halogens is 1. The quantitative estimate of drug-likeness (QED) is 0.682. The molecule has 5 rings (SSSR count). The van der Waals surface area contributed by atoms with E-state index in [4.69, 9.17) is 16.6 Å². The molecule has 1 amide bonds. The number of hydrogen-bond donors (Lipinski definition) is 1. The molecule has 2 aromatic rings. The van der Waals surface area contributed by atoms with Crippen LogP contribution in [0.5, 0.6) is 0 Å². The third-order valence-corrected chi connectivity index (χ3v) is 8.03. The Hall–Kier alpha value is -2.44. The number of carbonyl (C=O) groups excluding carboxylic acids is 1. The monoisotopic (exact) mass is 481 g/mol. The average Bonchev–Trinajstić information content (AvgIpc) is 3.34. The van der Waals surface area contributed by atoms with Crippen molar-refractivity contribution in [3.63, 3.8) is 0 Å². The molecule has 0 saturated carbocycles. The number of rotatable bonds is 5. The maximum absolute atomic E-state index is 13.3. The number of carboxylic acids is 1. The minimum Gasteiger partial charge on any atom is -0.480 e. The van der Waals surface area contributed by atoms with Crippen LogP contribution >= 0.6 is 11.6 Å². The van der Waals surface area contributed by atoms with Crippen molar-refractivity contribution < 1.29 is 14.7 Å². The Balaban J connectivity index is 1.18. The van der Waals surface area contributed by atoms with Gasteiger partial charge in [0.15, 0.2) is 0 Å². The Morgan fingerprint density at radius 3 is 2.44 bits per heavy atom. The second kappa shape index (κ2) is 10.0. The Kier molecular flexibility index (Phi) is 6.89. The molecule has 0 radical (unpaired) electrons. The summed E-state index contributed by atoms with van der Waals surface area (Å²) >= 11 is 5.97. The number of fused-ring (bicyclic) bond motifs is 1. The number of benzene rings is 1. The van der Waals surface area contributed by atoms with E-state index in [1.54, 1.807) is 24.3 Å². The second-order valence-corrected chi connectivity index (χ2v) is 10.4. The van der Waals surface area contributed by atoms with E-state index in [0.717, 1.165) is 38.8 Å². The van der Waals surface area contributed by atoms with Gasteiger partial charge in [-0.3, -0.25) is 19.5 Å². The van der Waals surface area contributed by atoms with Gasteiger partial charge in [0.25, 0.3) is 0 Å². The molecule has 1 aromatic carbocycles. The Morgan fingerprint density at radius 2 is 1.71 bits per heavy atom. The molecule has 3 heterocycles. The van der Waals surface area contributed by atoms with Crippen LogP contribution < -0.4 is 0 Å². The van der Waals surface area contributed by atoms with E-state index in [-0.39, 0.29) is 11.8 Å². The number of likely N-dealkylation sites (tertiary alicyclic amines) is 2. The predicted octanol–water partition coefficient (Wildman–Crippen LogP) is 4.47. The van der Waals surface area contributed by atoms with Gasteiger partial charge in [0.2, 0.25) is 5.91 Å². The lowest BCUT2D eigenvalue weighted by Crippen LogP contribution is -2.42. The van der Waals surface area contributed by atoms with Crippen LogP contribution in [0.15, 0.2) is 36.4 Å². The Morgan fingerprint density at radius 1 is 0.971 bits per heavy atom. The first-order chi connectivity index (χ1) is 16.5. The fourth-order valence-electron chi connectivity index (χ4n) is 5.86. The van der Waals surface area contributed by atoms with Gasteiger partial charge in [0.05, 0.1) is 5.92 Å². The molecule has 1 aromatic heterocycles. The number of aliphatic carboxylic acids is 1. The van der Waals surface area contributed by atoms with Gasteiger partial charge in [-0.05, 0) is 74.3 Å². The fourth-order valence-corrected chi connectivity index (χ4v) is 5.98. The molecule has 180 valence electrons. The molecule has 2 atom stereocenters. The predicted molar refractivity (Wildman–Crippen MR) is 131 cm³/mol. The number of carboxylic acid groups (broad SMARTS) is 1. The summed E-state index contributed by atoms with van der Waals surface area (Å²) in [6, 6.07) is 10.7. The van der Waals surface area contributed by atoms with Crippen LogP contribution in [0.1, 0.15) is 66.6 Å². The van der Waals surface area contributed by atoms with Crippen LogP contribution in [0.3, 0.4) is 0 Å². The zero-order valence-electron chi connectivity index (χ0n) is 19.5. The topological polar surface area (TPSA) is 73.7 Å². The molecule has 1 N–H and O–H groups in total. The van der Waals surface area contributed by atoms with E-state index in [1.165, 1.54) is 29.8 Å². The van der Waals surface area contributed by atoms with Gasteiger partial charge in [-0.2, -0.15) is 0 Å². The number of carbonyl (C=O) groups is 2. The third kappa shape index (κ3) is 4.84. The molecular weight excluding hydrogens is 450 g/mol. The van der Waals surface area contributed by atoms with E-state index in [0.29, 0.717) is 36.0 Å². The van der Waals surface area contributed by atoms with Crippen molar-refractivity contribution in [3.8, 4) is 0 Å². The van der Waals surface area contributed by atoms with Crippen molar-refractivity contribution >= 4 is 23.5 Å². The number of pyridine rings is 1. The van der Waals surface area contributed by atoms with Crippen LogP contribution in [-0.4, -0.2) is 57.9 Å². The number of nitrogens with zero attached hydrogens (tertiary/aromatic N) is 3. The summed E-state index contributed by atoms with van der Waals surface area (Å²) in [4.78, 5) is 34.2. The molecule has 3 aliphatic rings. The smallest absolute Gasteiger partial charge is 0.325 e. The maximum Gasteiger partial charge on any atom is 0.325 e. The highest BCUT2D eigenvalue weighted by atomic mass is 35.5. The van der Waals surface area contributed by atoms with Crippen LogP contribution in [0.2, 0.25) is 5.02 Å². The first-order valence-corrected chi connectivity index (χ1v) is 12.9. The maximum atomic E-state index is 13.3. The second-order valence-electron chi connectivity index (χ2n) is 9.92. The van der Waals surface area contributed by atoms with Gasteiger partial charge >= 0.3 is 5.97 Å². The number of piperidine rings is 1. The molecule has 34 heavy (non-hydrogen) atoms. The zero-order chi connectivity index (χ0) is 23.7. The summed E-state index contributed by atoms with van der Waals surface area (Å²) < 4.78 is 0. The van der Waals surface area contributed by atoms with Gasteiger partial charge < -0.3 is 10.0 Å². The van der Waals surface area contributed by atoms with Gasteiger partial charge in [-0.15, -0.1) is 0 Å². The molecule has 2 saturated heterocycles. The van der Waals surface area contributed by atoms with E-state index in [2.05, 4.69) is 12.1 Å². The van der Waals surface area contributed by atoms with E-state index >= 15 is 0 Å². The average molecular weight is 482 g/mol. The van der Waals surface area contributed by atoms with Crippen molar-refractivity contribution in [1.82, 2.24) is 14.8 Å². The lowest BCUT2D eigenvalue weighted by atomic mass is 9.90. The van der Waals surface area contributed by atoms with Gasteiger partial charge in [0.1, 0.15) is 6.04 Å². The summed E-state index contributed by atoms with van der Waals surface area (Å²) in [6.45, 7) is 2.58. The van der Waals surface area contributed by atoms with E-state index < -0.39 is 12.0 Å². The van der Waals surface area contributed by atoms with Gasteiger partial charge in [0, 0.05) is 48.5 Å². The molecule has 6 nitrogen and oxygen atoms in total. The first kappa shape index (κ1) is 23.3. The largest absolute Gasteiger partial charge is 0.480 e. The minimum absolute atomic E-state index is 0.146. The molecule has 7 heteroatoms. The lowest BCUT2D eigenvalue weighted by Gasteiger charge is -2.34. The van der Waals surface area contributed by atoms with Gasteiger partial charge in [-0.25, -0.2) is 0 Å². The van der Waals surface area contributed by atoms with Crippen LogP contribution in [-0.2, 0) is 22.4 Å². The van der Waals surface area contributed by atoms with Crippen molar-refractivity contribution in [2.75, 3.05) is 26.2 Å². The fraction of sp³-hybridized carbons (Fsp3) is 0.519. The summed E-state index contributed by atoms with van der Waals surface area (Å²) in [5.74, 6) is -0.460. The SMILES string of the molecule is O=C(O)C(c1ccc(Cl)cc1)N1CC[C@@H](C(=O)N2CCC(c3ccc4c(n3)CCCC4)CC2)C1. The van der Waals surface area contributed by atoms with E-state index in [9.17, 15) is 14.7 Å². The molecule has 1 unspecified atom stereocenters. The molecule has 1 aliphatic carbocycles. The lowest BCUT2D eigenvalue weighted by molar-refractivity contribution is -0.144. The number of amides is 1. The van der Waals surface area contributed by atoms with Crippen molar-refractivity contribution in [1.29, 1.82) is 0 Å². The Bertz CT molecular complexity index is 1050. The minimum atomic E-state index is -0.895. The summed E-state index contributed by atoms with van der Waals surface area (Å²) in [5.41, 5.74) is 4.57. The number of hydrogen-bond acceptors (Lipinski definition) is 4. The molecule has 0 spiro atoms. The summed E-state index contributed by atoms with van der Waals surface area (Å²) in [6.07, 6.45) is 7.31. The highest BCUT2D eigenvalue weighted by Crippen LogP contribution is 2.33. The third-order valence-electron chi connectivity index (χ3n) is 7.78. The normalized spacial score (nSPS) is 22.4. The van der Waals surface area contributed by atoms with Crippen LogP contribution in [0.4, 0.5) is 0 Å². The zero-order valence-corrected chi connectivity index (χ0v) is 20.2. The molecule has 0 bridgehead atoms. The van der Waals surface area contributed by atoms with Crippen LogP contribution in [0, 0.1) is 5.92 Å². The first-order valence-electron chi connectivity index (χ1n) is 12.5. The highest BCUT2D eigenvalue weighted by Gasteiger charge is 2.38. The van der Waals surface area contributed by atoms with Crippen molar-refractivity contribution in [2.45, 2.75) is 56.9 Å². The summed E-state index contributed by atoms with van der Waals surface area (Å²) in [5, 5.41) is 10.4. The van der Waals surface area contributed by atoms with Crippen LogP contribution in [0.25, 0.3) is 0 Å². The van der Waals surface area contributed by atoms with Gasteiger partial charge in [-0.1, -0.05) is 29.8 Å². The molecule has 2 aliphatic heterocycles. The van der Waals surface area contributed by atoms with E-state index in [1.807, 2.05) is 9.80 Å². The standard InChI is InChI=1S/C27H32ClN3O3/c28-22-8-5-20(6-9-22)25(27(33)34)31-16-13-21(17-31)26(32)30-14-11-19(12-15-30)24-10-7-18-3-1-2-4-23(18)29-24/h5-10,19,21,25H,1-4,11-17H2,(H,33,34)/t21-,25?/m1/s1. The Labute approximate surface area is 205 Å². The number of aromatic nitrogens is 1. The highest BCUT2D eigenvalue weighted by molar-refractivity contribution is 6.30. The number of aryl methyl sites for hydroxylation is 2. The molecular formula is C27H32ClN3O3. The summed E-state index contributed by atoms with van der Waals surface area (Å²) in [7, 11) is 0. The van der Waals surface area contributed by atoms with Crippen molar-refractivity contribution in [3.05, 3.63) is 63.9 Å². The van der Waals surface area contributed by atoms with Crippen molar-refractivity contribution in [2.24, 2.45) is 5.92 Å².